The van der Waals surface area contributed by atoms with E-state index < -0.39 is 6.09 Å². The molecule has 1 amide bonds. The Morgan fingerprint density at radius 2 is 1.81 bits per heavy atom. The van der Waals surface area contributed by atoms with Gasteiger partial charge in [0.05, 0.1) is 6.04 Å². The van der Waals surface area contributed by atoms with E-state index in [2.05, 4.69) is 5.32 Å². The SMILES string of the molecule is CC[C@@H](NC(=O)OCc1ccccc1)c1ccccc1O. The van der Waals surface area contributed by atoms with E-state index in [-0.39, 0.29) is 18.4 Å². The second-order valence-corrected chi connectivity index (χ2v) is 4.73. The molecule has 0 saturated heterocycles. The van der Waals surface area contributed by atoms with E-state index in [9.17, 15) is 9.90 Å². The second kappa shape index (κ2) is 7.33. The molecule has 0 aliphatic carbocycles. The first-order chi connectivity index (χ1) is 10.2. The normalized spacial score (nSPS) is 11.7. The molecule has 2 rings (SSSR count). The number of hydrogen-bond acceptors (Lipinski definition) is 3. The number of rotatable bonds is 5. The summed E-state index contributed by atoms with van der Waals surface area (Å²) in [5, 5.41) is 12.6. The maximum Gasteiger partial charge on any atom is 0.407 e. The van der Waals surface area contributed by atoms with Crippen molar-refractivity contribution in [3.63, 3.8) is 0 Å². The van der Waals surface area contributed by atoms with Crippen LogP contribution in [0.5, 0.6) is 5.75 Å². The quantitative estimate of drug-likeness (QED) is 0.879. The monoisotopic (exact) mass is 285 g/mol. The lowest BCUT2D eigenvalue weighted by Crippen LogP contribution is -2.28. The molecular weight excluding hydrogens is 266 g/mol. The van der Waals surface area contributed by atoms with Crippen LogP contribution in [0.2, 0.25) is 0 Å². The molecule has 2 aromatic rings. The van der Waals surface area contributed by atoms with Gasteiger partial charge in [0.2, 0.25) is 0 Å². The van der Waals surface area contributed by atoms with Gasteiger partial charge >= 0.3 is 6.09 Å². The molecular formula is C17H19NO3. The predicted octanol–water partition coefficient (Wildman–Crippen LogP) is 3.77. The first-order valence-corrected chi connectivity index (χ1v) is 6.95. The maximum atomic E-state index is 11.9. The number of benzene rings is 2. The Kier molecular flexibility index (Phi) is 5.21. The topological polar surface area (TPSA) is 58.6 Å². The molecule has 0 spiro atoms. The van der Waals surface area contributed by atoms with Crippen LogP contribution in [0.15, 0.2) is 54.6 Å². The van der Waals surface area contributed by atoms with E-state index in [1.165, 1.54) is 0 Å². The summed E-state index contributed by atoms with van der Waals surface area (Å²) >= 11 is 0. The summed E-state index contributed by atoms with van der Waals surface area (Å²) in [6.07, 6.45) is 0.173. The van der Waals surface area contributed by atoms with Crippen molar-refractivity contribution in [2.45, 2.75) is 26.0 Å². The van der Waals surface area contributed by atoms with Crippen LogP contribution in [-0.4, -0.2) is 11.2 Å². The summed E-state index contributed by atoms with van der Waals surface area (Å²) < 4.78 is 5.19. The van der Waals surface area contributed by atoms with E-state index >= 15 is 0 Å². The van der Waals surface area contributed by atoms with Crippen molar-refractivity contribution in [2.24, 2.45) is 0 Å². The average molecular weight is 285 g/mol. The number of carbonyl (C=O) groups excluding carboxylic acids is 1. The van der Waals surface area contributed by atoms with E-state index in [1.54, 1.807) is 18.2 Å². The number of hydrogen-bond donors (Lipinski definition) is 2. The van der Waals surface area contributed by atoms with E-state index in [0.29, 0.717) is 12.0 Å². The fourth-order valence-electron chi connectivity index (χ4n) is 2.09. The Bertz CT molecular complexity index is 584. The zero-order valence-corrected chi connectivity index (χ0v) is 12.0. The van der Waals surface area contributed by atoms with Crippen molar-refractivity contribution >= 4 is 6.09 Å². The van der Waals surface area contributed by atoms with Crippen LogP contribution in [0.25, 0.3) is 0 Å². The van der Waals surface area contributed by atoms with Crippen LogP contribution in [0.4, 0.5) is 4.79 Å². The molecule has 2 N–H and O–H groups in total. The third-order valence-electron chi connectivity index (χ3n) is 3.23. The molecule has 4 nitrogen and oxygen atoms in total. The van der Waals surface area contributed by atoms with Crippen LogP contribution >= 0.6 is 0 Å². The highest BCUT2D eigenvalue weighted by Gasteiger charge is 2.16. The summed E-state index contributed by atoms with van der Waals surface area (Å²) in [5.74, 6) is 0.174. The average Bonchev–Trinajstić information content (AvgIpc) is 2.52. The Morgan fingerprint density at radius 1 is 1.14 bits per heavy atom. The highest BCUT2D eigenvalue weighted by molar-refractivity contribution is 5.68. The van der Waals surface area contributed by atoms with Gasteiger partial charge in [-0.1, -0.05) is 55.5 Å². The molecule has 0 unspecified atom stereocenters. The zero-order valence-electron chi connectivity index (χ0n) is 12.0. The molecule has 0 aliphatic rings. The molecule has 110 valence electrons. The first-order valence-electron chi connectivity index (χ1n) is 6.95. The minimum atomic E-state index is -0.492. The molecule has 0 heterocycles. The van der Waals surface area contributed by atoms with Crippen LogP contribution in [0.3, 0.4) is 0 Å². The largest absolute Gasteiger partial charge is 0.508 e. The fourth-order valence-corrected chi connectivity index (χ4v) is 2.09. The number of carbonyl (C=O) groups is 1. The van der Waals surface area contributed by atoms with Crippen molar-refractivity contribution in [3.05, 3.63) is 65.7 Å². The number of alkyl carbamates (subject to hydrolysis) is 1. The molecule has 1 atom stereocenters. The molecule has 21 heavy (non-hydrogen) atoms. The molecule has 0 bridgehead atoms. The van der Waals surface area contributed by atoms with Gasteiger partial charge in [-0.05, 0) is 18.1 Å². The van der Waals surface area contributed by atoms with E-state index in [1.807, 2.05) is 43.3 Å². The highest BCUT2D eigenvalue weighted by atomic mass is 16.5. The Balaban J connectivity index is 1.93. The van der Waals surface area contributed by atoms with Gasteiger partial charge in [0.15, 0.2) is 0 Å². The number of amides is 1. The van der Waals surface area contributed by atoms with Gasteiger partial charge in [-0.15, -0.1) is 0 Å². The minimum absolute atomic E-state index is 0.174. The summed E-state index contributed by atoms with van der Waals surface area (Å²) in [5.41, 5.74) is 1.62. The van der Waals surface area contributed by atoms with Gasteiger partial charge in [-0.2, -0.15) is 0 Å². The number of phenolic OH excluding ortho intramolecular Hbond substituents is 1. The minimum Gasteiger partial charge on any atom is -0.508 e. The van der Waals surface area contributed by atoms with Gasteiger partial charge in [0, 0.05) is 5.56 Å². The summed E-state index contributed by atoms with van der Waals surface area (Å²) in [6, 6.07) is 16.2. The summed E-state index contributed by atoms with van der Waals surface area (Å²) in [6.45, 7) is 2.17. The van der Waals surface area contributed by atoms with Crippen molar-refractivity contribution in [3.8, 4) is 5.75 Å². The molecule has 0 radical (unpaired) electrons. The van der Waals surface area contributed by atoms with Crippen LogP contribution in [-0.2, 0) is 11.3 Å². The van der Waals surface area contributed by atoms with Crippen molar-refractivity contribution < 1.29 is 14.6 Å². The molecule has 2 aromatic carbocycles. The van der Waals surface area contributed by atoms with Crippen molar-refractivity contribution in [1.29, 1.82) is 0 Å². The molecule has 0 aliphatic heterocycles. The van der Waals surface area contributed by atoms with Gasteiger partial charge in [-0.25, -0.2) is 4.79 Å². The lowest BCUT2D eigenvalue weighted by molar-refractivity contribution is 0.135. The molecule has 0 aromatic heterocycles. The highest BCUT2D eigenvalue weighted by Crippen LogP contribution is 2.25. The van der Waals surface area contributed by atoms with E-state index in [0.717, 1.165) is 5.56 Å². The number of nitrogens with one attached hydrogen (secondary N) is 1. The second-order valence-electron chi connectivity index (χ2n) is 4.73. The van der Waals surface area contributed by atoms with Crippen molar-refractivity contribution in [1.82, 2.24) is 5.32 Å². The lowest BCUT2D eigenvalue weighted by Gasteiger charge is -2.18. The van der Waals surface area contributed by atoms with Crippen LogP contribution < -0.4 is 5.32 Å². The maximum absolute atomic E-state index is 11.9. The molecule has 0 saturated carbocycles. The Labute approximate surface area is 124 Å². The standard InChI is InChI=1S/C17H19NO3/c1-2-15(14-10-6-7-11-16(14)19)18-17(20)21-12-13-8-4-3-5-9-13/h3-11,15,19H,2,12H2,1H3,(H,18,20)/t15-/m1/s1. The van der Waals surface area contributed by atoms with Gasteiger partial charge < -0.3 is 15.2 Å². The summed E-state index contributed by atoms with van der Waals surface area (Å²) in [7, 11) is 0. The smallest absolute Gasteiger partial charge is 0.407 e. The van der Waals surface area contributed by atoms with Crippen molar-refractivity contribution in [2.75, 3.05) is 0 Å². The number of phenols is 1. The van der Waals surface area contributed by atoms with Crippen LogP contribution in [0, 0.1) is 0 Å². The van der Waals surface area contributed by atoms with E-state index in [4.69, 9.17) is 4.74 Å². The number of ether oxygens (including phenoxy) is 1. The fraction of sp³-hybridized carbons (Fsp3) is 0.235. The number of para-hydroxylation sites is 1. The Morgan fingerprint density at radius 3 is 2.48 bits per heavy atom. The molecule has 0 fully saturated rings. The third kappa shape index (κ3) is 4.24. The predicted molar refractivity (Wildman–Crippen MR) is 80.9 cm³/mol. The number of aromatic hydroxyl groups is 1. The molecule has 4 heteroatoms. The van der Waals surface area contributed by atoms with Gasteiger partial charge in [0.25, 0.3) is 0 Å². The first kappa shape index (κ1) is 14.9. The summed E-state index contributed by atoms with van der Waals surface area (Å²) in [4.78, 5) is 11.9. The van der Waals surface area contributed by atoms with Crippen LogP contribution in [0.1, 0.15) is 30.5 Å². The zero-order chi connectivity index (χ0) is 15.1. The van der Waals surface area contributed by atoms with Gasteiger partial charge in [0.1, 0.15) is 12.4 Å². The lowest BCUT2D eigenvalue weighted by atomic mass is 10.0. The van der Waals surface area contributed by atoms with Gasteiger partial charge in [-0.3, -0.25) is 0 Å². The Hall–Kier alpha value is -2.49. The third-order valence-corrected chi connectivity index (χ3v) is 3.23.